The Morgan fingerprint density at radius 2 is 1.67 bits per heavy atom. The van der Waals surface area contributed by atoms with Gasteiger partial charge in [-0.25, -0.2) is 9.67 Å². The number of hydrogen-bond donors (Lipinski definition) is 1. The molecule has 2 saturated heterocycles. The summed E-state index contributed by atoms with van der Waals surface area (Å²) in [4.78, 5) is 15.0. The van der Waals surface area contributed by atoms with Gasteiger partial charge in [0.05, 0.1) is 17.6 Å². The third kappa shape index (κ3) is 4.65. The number of aromatic nitrogens is 4. The first-order chi connectivity index (χ1) is 17.7. The van der Waals surface area contributed by atoms with E-state index >= 15 is 0 Å². The van der Waals surface area contributed by atoms with E-state index in [0.717, 1.165) is 54.1 Å². The van der Waals surface area contributed by atoms with Crippen LogP contribution in [-0.2, 0) is 6.54 Å². The van der Waals surface area contributed by atoms with E-state index in [2.05, 4.69) is 21.9 Å². The van der Waals surface area contributed by atoms with E-state index < -0.39 is 0 Å². The average molecular weight is 502 g/mol. The molecule has 0 unspecified atom stereocenters. The van der Waals surface area contributed by atoms with Crippen LogP contribution in [0.3, 0.4) is 0 Å². The molecule has 0 saturated carbocycles. The number of likely N-dealkylation sites (tertiary alicyclic amines) is 1. The highest BCUT2D eigenvalue weighted by molar-refractivity contribution is 6.30. The van der Waals surface area contributed by atoms with Gasteiger partial charge in [-0.1, -0.05) is 60.5 Å². The molecular weight excluding hydrogens is 470 g/mol. The Bertz CT molecular complexity index is 1340. The first kappa shape index (κ1) is 23.3. The average Bonchev–Trinajstić information content (AvgIpc) is 3.24. The molecule has 0 aliphatic carbocycles. The molecule has 0 radical (unpaired) electrons. The van der Waals surface area contributed by atoms with Crippen LogP contribution in [0.5, 0.6) is 0 Å². The molecule has 4 heterocycles. The normalized spacial score (nSPS) is 17.6. The number of benzene rings is 2. The number of nitrogens with two attached hydrogens (primary N) is 1. The molecule has 2 fully saturated rings. The lowest BCUT2D eigenvalue weighted by Gasteiger charge is -2.40. The molecule has 6 rings (SSSR count). The second-order valence-electron chi connectivity index (χ2n) is 9.92. The first-order valence-electron chi connectivity index (χ1n) is 13.0. The highest BCUT2D eigenvalue weighted by Crippen LogP contribution is 2.34. The quantitative estimate of drug-likeness (QED) is 0.403. The number of fused-ring (bicyclic) bond motifs is 1. The molecule has 7 nitrogen and oxygen atoms in total. The van der Waals surface area contributed by atoms with Gasteiger partial charge >= 0.3 is 0 Å². The van der Waals surface area contributed by atoms with Crippen LogP contribution in [0.2, 0.25) is 5.02 Å². The summed E-state index contributed by atoms with van der Waals surface area (Å²) < 4.78 is 1.83. The Labute approximate surface area is 216 Å². The molecule has 0 amide bonds. The summed E-state index contributed by atoms with van der Waals surface area (Å²) >= 11 is 6.37. The van der Waals surface area contributed by atoms with Gasteiger partial charge in [0.15, 0.2) is 5.65 Å². The molecule has 186 valence electrons. The first-order valence-corrected chi connectivity index (χ1v) is 13.4. The van der Waals surface area contributed by atoms with Gasteiger partial charge in [-0.2, -0.15) is 4.98 Å². The maximum atomic E-state index is 6.66. The molecule has 2 N–H and O–H groups in total. The van der Waals surface area contributed by atoms with Crippen LogP contribution >= 0.6 is 11.6 Å². The van der Waals surface area contributed by atoms with Gasteiger partial charge in [-0.15, -0.1) is 5.10 Å². The molecule has 8 heteroatoms. The van der Waals surface area contributed by atoms with E-state index in [1.54, 1.807) is 0 Å². The molecule has 2 aliphatic rings. The number of rotatable bonds is 5. The predicted molar refractivity (Wildman–Crippen MR) is 146 cm³/mol. The second-order valence-corrected chi connectivity index (χ2v) is 10.4. The fourth-order valence-electron chi connectivity index (χ4n) is 5.62. The number of hydrogen-bond acceptors (Lipinski definition) is 6. The van der Waals surface area contributed by atoms with Crippen LogP contribution in [0.25, 0.3) is 22.3 Å². The zero-order valence-corrected chi connectivity index (χ0v) is 21.2. The predicted octanol–water partition coefficient (Wildman–Crippen LogP) is 5.23. The van der Waals surface area contributed by atoms with E-state index in [4.69, 9.17) is 32.4 Å². The second kappa shape index (κ2) is 10.1. The van der Waals surface area contributed by atoms with Crippen LogP contribution in [-0.4, -0.2) is 56.9 Å². The third-order valence-electron chi connectivity index (χ3n) is 7.56. The number of piperidine rings is 2. The van der Waals surface area contributed by atoms with Crippen molar-refractivity contribution < 1.29 is 0 Å². The summed E-state index contributed by atoms with van der Waals surface area (Å²) in [6, 6.07) is 18.7. The van der Waals surface area contributed by atoms with Gasteiger partial charge in [-0.05, 0) is 56.5 Å². The van der Waals surface area contributed by atoms with Gasteiger partial charge in [0.1, 0.15) is 5.82 Å². The topological polar surface area (TPSA) is 76.1 Å². The van der Waals surface area contributed by atoms with Gasteiger partial charge in [0.25, 0.3) is 0 Å². The van der Waals surface area contributed by atoms with Crippen molar-refractivity contribution in [2.45, 2.75) is 44.7 Å². The smallest absolute Gasteiger partial charge is 0.228 e. The summed E-state index contributed by atoms with van der Waals surface area (Å²) in [5.74, 6) is 1.29. The van der Waals surface area contributed by atoms with Gasteiger partial charge in [-0.3, -0.25) is 0 Å². The molecule has 4 aromatic rings. The summed E-state index contributed by atoms with van der Waals surface area (Å²) in [5, 5.41) is 6.28. The van der Waals surface area contributed by atoms with E-state index in [-0.39, 0.29) is 0 Å². The maximum Gasteiger partial charge on any atom is 0.228 e. The van der Waals surface area contributed by atoms with E-state index in [0.29, 0.717) is 29.1 Å². The fourth-order valence-corrected chi connectivity index (χ4v) is 5.81. The maximum absolute atomic E-state index is 6.66. The number of nitrogens with zero attached hydrogens (tertiary/aromatic N) is 6. The summed E-state index contributed by atoms with van der Waals surface area (Å²) in [5.41, 5.74) is 10.1. The molecule has 2 aromatic heterocycles. The Morgan fingerprint density at radius 3 is 2.42 bits per heavy atom. The van der Waals surface area contributed by atoms with Crippen LogP contribution in [0.15, 0.2) is 54.6 Å². The minimum atomic E-state index is 0.569. The van der Waals surface area contributed by atoms with Gasteiger partial charge < -0.3 is 15.5 Å². The zero-order valence-electron chi connectivity index (χ0n) is 20.5. The highest BCUT2D eigenvalue weighted by Gasteiger charge is 2.28. The largest absolute Gasteiger partial charge is 0.383 e. The summed E-state index contributed by atoms with van der Waals surface area (Å²) in [7, 11) is 0. The number of anilines is 2. The van der Waals surface area contributed by atoms with Crippen molar-refractivity contribution in [3.8, 4) is 11.3 Å². The number of halogens is 1. The SMILES string of the molecule is Nc1c2c(-c3cccc(Cl)c3)nc(N3CCC(N4CCCCC4)CC3)nc2nn1Cc1ccccc1. The Morgan fingerprint density at radius 1 is 0.889 bits per heavy atom. The van der Waals surface area contributed by atoms with Gasteiger partial charge in [0, 0.05) is 29.7 Å². The van der Waals surface area contributed by atoms with Crippen LogP contribution in [0.4, 0.5) is 11.8 Å². The molecule has 36 heavy (non-hydrogen) atoms. The fraction of sp³-hybridized carbons (Fsp3) is 0.393. The molecule has 0 spiro atoms. The third-order valence-corrected chi connectivity index (χ3v) is 7.79. The summed E-state index contributed by atoms with van der Waals surface area (Å²) in [6.45, 7) is 4.95. The Balaban J connectivity index is 1.35. The van der Waals surface area contributed by atoms with Gasteiger partial charge in [0.2, 0.25) is 5.95 Å². The lowest BCUT2D eigenvalue weighted by Crippen LogP contribution is -2.47. The molecule has 0 atom stereocenters. The zero-order chi connectivity index (χ0) is 24.5. The molecule has 2 aromatic carbocycles. The van der Waals surface area contributed by atoms with Crippen LogP contribution in [0.1, 0.15) is 37.7 Å². The standard InChI is InChI=1S/C28H32ClN7/c29-22-11-7-10-21(18-22)25-24-26(30)36(19-20-8-3-1-4-9-20)33-27(24)32-28(31-25)35-16-12-23(13-17-35)34-14-5-2-6-15-34/h1,3-4,7-11,18,23H,2,5-6,12-17,19,30H2. The minimum absolute atomic E-state index is 0.569. The van der Waals surface area contributed by atoms with Crippen molar-refractivity contribution in [3.63, 3.8) is 0 Å². The van der Waals surface area contributed by atoms with Crippen molar-refractivity contribution in [3.05, 3.63) is 65.2 Å². The Hall–Kier alpha value is -3.16. The van der Waals surface area contributed by atoms with Crippen molar-refractivity contribution in [2.75, 3.05) is 36.8 Å². The van der Waals surface area contributed by atoms with Crippen LogP contribution < -0.4 is 10.6 Å². The molecular formula is C28H32ClN7. The number of nitrogen functional groups attached to an aromatic ring is 1. The van der Waals surface area contributed by atoms with Crippen molar-refractivity contribution in [1.82, 2.24) is 24.6 Å². The van der Waals surface area contributed by atoms with Crippen LogP contribution in [0, 0.1) is 0 Å². The lowest BCUT2D eigenvalue weighted by molar-refractivity contribution is 0.141. The van der Waals surface area contributed by atoms with E-state index in [1.807, 2.05) is 47.1 Å². The Kier molecular flexibility index (Phi) is 6.50. The van der Waals surface area contributed by atoms with Crippen molar-refractivity contribution in [1.29, 1.82) is 0 Å². The van der Waals surface area contributed by atoms with Crippen molar-refractivity contribution >= 4 is 34.4 Å². The van der Waals surface area contributed by atoms with E-state index in [9.17, 15) is 0 Å². The minimum Gasteiger partial charge on any atom is -0.383 e. The molecule has 2 aliphatic heterocycles. The monoisotopic (exact) mass is 501 g/mol. The lowest BCUT2D eigenvalue weighted by atomic mass is 10.00. The highest BCUT2D eigenvalue weighted by atomic mass is 35.5. The van der Waals surface area contributed by atoms with E-state index in [1.165, 1.54) is 32.4 Å². The van der Waals surface area contributed by atoms with Crippen molar-refractivity contribution in [2.24, 2.45) is 0 Å². The molecule has 0 bridgehead atoms. The summed E-state index contributed by atoms with van der Waals surface area (Å²) in [6.07, 6.45) is 6.30.